The quantitative estimate of drug-likeness (QED) is 0.621. The Balaban J connectivity index is 1.95. The zero-order valence-electron chi connectivity index (χ0n) is 12.6. The number of aryl methyl sites for hydroxylation is 1. The van der Waals surface area contributed by atoms with Gasteiger partial charge in [-0.2, -0.15) is 5.48 Å². The van der Waals surface area contributed by atoms with Gasteiger partial charge in [0.15, 0.2) is 0 Å². The van der Waals surface area contributed by atoms with Crippen molar-refractivity contribution in [2.75, 3.05) is 0 Å². The molecule has 0 saturated carbocycles. The van der Waals surface area contributed by atoms with Crippen LogP contribution in [0, 0.1) is 6.92 Å². The maximum absolute atomic E-state index is 11.7. The van der Waals surface area contributed by atoms with E-state index in [4.69, 9.17) is 21.6 Å². The minimum absolute atomic E-state index is 0.0766. The first-order valence-corrected chi connectivity index (χ1v) is 9.11. The lowest BCUT2D eigenvalue weighted by Crippen LogP contribution is -2.18. The second-order valence-corrected chi connectivity index (χ2v) is 7.68. The third-order valence-electron chi connectivity index (χ3n) is 4.20. The van der Waals surface area contributed by atoms with Gasteiger partial charge in [0.2, 0.25) is 15.7 Å². The third kappa shape index (κ3) is 2.25. The van der Waals surface area contributed by atoms with Crippen molar-refractivity contribution in [3.63, 3.8) is 0 Å². The molecule has 8 heteroatoms. The molecule has 1 aliphatic heterocycles. The van der Waals surface area contributed by atoms with Crippen LogP contribution < -0.4 is 10.6 Å². The average molecular weight is 364 g/mol. The molecule has 1 unspecified atom stereocenters. The lowest BCUT2D eigenvalue weighted by atomic mass is 9.94. The van der Waals surface area contributed by atoms with Crippen molar-refractivity contribution in [2.45, 2.75) is 17.5 Å². The van der Waals surface area contributed by atoms with Gasteiger partial charge in [-0.25, -0.2) is 13.6 Å². The van der Waals surface area contributed by atoms with Gasteiger partial charge >= 0.3 is 0 Å². The fourth-order valence-electron chi connectivity index (χ4n) is 3.09. The van der Waals surface area contributed by atoms with Gasteiger partial charge in [0.1, 0.15) is 4.90 Å². The smallest absolute Gasteiger partial charge is 0.239 e. The lowest BCUT2D eigenvalue weighted by molar-refractivity contribution is 0.327. The summed E-state index contributed by atoms with van der Waals surface area (Å²) in [7, 11) is -3.93. The van der Waals surface area contributed by atoms with Gasteiger partial charge in [0.25, 0.3) is 0 Å². The van der Waals surface area contributed by atoms with Gasteiger partial charge in [0.05, 0.1) is 5.02 Å². The van der Waals surface area contributed by atoms with E-state index in [1.54, 1.807) is 6.07 Å². The number of primary sulfonamides is 1. The molecular weight excluding hydrogens is 350 g/mol. The van der Waals surface area contributed by atoms with Gasteiger partial charge in [-0.15, -0.1) is 0 Å². The van der Waals surface area contributed by atoms with E-state index in [9.17, 15) is 8.42 Å². The second-order valence-electron chi connectivity index (χ2n) is 5.75. The summed E-state index contributed by atoms with van der Waals surface area (Å²) < 4.78 is 23.5. The number of aromatic nitrogens is 1. The molecule has 24 heavy (non-hydrogen) atoms. The fourth-order valence-corrected chi connectivity index (χ4v) is 4.16. The molecule has 0 radical (unpaired) electrons. The molecule has 0 aliphatic carbocycles. The molecule has 2 heterocycles. The van der Waals surface area contributed by atoms with E-state index in [1.807, 2.05) is 31.2 Å². The zero-order valence-corrected chi connectivity index (χ0v) is 14.2. The van der Waals surface area contributed by atoms with Crippen LogP contribution in [0.5, 0.6) is 0 Å². The van der Waals surface area contributed by atoms with Crippen LogP contribution in [0.3, 0.4) is 0 Å². The highest BCUT2D eigenvalue weighted by Crippen LogP contribution is 2.45. The highest BCUT2D eigenvalue weighted by molar-refractivity contribution is 7.89. The summed E-state index contributed by atoms with van der Waals surface area (Å²) in [6.45, 7) is 1.94. The van der Waals surface area contributed by atoms with Crippen LogP contribution in [0.2, 0.25) is 5.02 Å². The summed E-state index contributed by atoms with van der Waals surface area (Å²) in [4.78, 5) is 8.76. The van der Waals surface area contributed by atoms with Crippen LogP contribution >= 0.6 is 11.6 Å². The van der Waals surface area contributed by atoms with Crippen LogP contribution in [0.15, 0.2) is 47.4 Å². The number of sulfonamides is 1. The van der Waals surface area contributed by atoms with E-state index < -0.39 is 15.7 Å². The van der Waals surface area contributed by atoms with Crippen LogP contribution in [-0.4, -0.2) is 13.4 Å². The molecule has 1 fully saturated rings. The molecule has 4 rings (SSSR count). The number of hydroxylamine groups is 1. The first-order valence-electron chi connectivity index (χ1n) is 7.19. The topological polar surface area (TPSA) is 110 Å². The van der Waals surface area contributed by atoms with E-state index >= 15 is 0 Å². The number of para-hydroxylation sites is 1. The number of nitrogens with two attached hydrogens (primary N) is 1. The standard InChI is InChI=1S/C16H14ClN3O3S/c1-9-15(11-4-2-3-5-13(11)19-9)16(20-23-16)10-6-7-12(17)14(8-10)24(18,21)22/h2-8,19-20H,1H3,(H2,18,21,22). The Hall–Kier alpha value is -1.90. The van der Waals surface area contributed by atoms with Crippen molar-refractivity contribution in [2.24, 2.45) is 5.14 Å². The molecule has 6 nitrogen and oxygen atoms in total. The van der Waals surface area contributed by atoms with E-state index in [0.717, 1.165) is 22.2 Å². The Labute approximate surface area is 143 Å². The van der Waals surface area contributed by atoms with Crippen molar-refractivity contribution in [1.82, 2.24) is 10.5 Å². The maximum Gasteiger partial charge on any atom is 0.239 e. The minimum atomic E-state index is -3.93. The number of benzene rings is 2. The molecule has 1 aliphatic rings. The Morgan fingerprint density at radius 1 is 1.21 bits per heavy atom. The number of rotatable bonds is 3. The summed E-state index contributed by atoms with van der Waals surface area (Å²) in [5.74, 6) is 0. The first kappa shape index (κ1) is 15.6. The SMILES string of the molecule is Cc1[nH]c2ccccc2c1C1(c2ccc(Cl)c(S(N)(=O)=O)c2)NO1. The highest BCUT2D eigenvalue weighted by Gasteiger charge is 2.51. The van der Waals surface area contributed by atoms with Gasteiger partial charge in [-0.1, -0.05) is 35.9 Å². The summed E-state index contributed by atoms with van der Waals surface area (Å²) in [6, 6.07) is 12.5. The number of aromatic amines is 1. The van der Waals surface area contributed by atoms with Crippen LogP contribution in [0.25, 0.3) is 10.9 Å². The van der Waals surface area contributed by atoms with E-state index in [2.05, 4.69) is 10.5 Å². The van der Waals surface area contributed by atoms with Crippen LogP contribution in [-0.2, 0) is 20.6 Å². The molecule has 4 N–H and O–H groups in total. The molecule has 1 atom stereocenters. The van der Waals surface area contributed by atoms with E-state index in [0.29, 0.717) is 5.56 Å². The predicted octanol–water partition coefficient (Wildman–Crippen LogP) is 2.51. The third-order valence-corrected chi connectivity index (χ3v) is 5.59. The Bertz CT molecular complexity index is 1070. The predicted molar refractivity (Wildman–Crippen MR) is 90.9 cm³/mol. The van der Waals surface area contributed by atoms with E-state index in [-0.39, 0.29) is 9.92 Å². The summed E-state index contributed by atoms with van der Waals surface area (Å²) in [6.07, 6.45) is 0. The number of hydrogen-bond acceptors (Lipinski definition) is 4. The molecule has 2 aromatic carbocycles. The molecule has 0 bridgehead atoms. The van der Waals surface area contributed by atoms with E-state index in [1.165, 1.54) is 12.1 Å². The maximum atomic E-state index is 11.7. The van der Waals surface area contributed by atoms with Gasteiger partial charge in [-0.3, -0.25) is 4.84 Å². The molecule has 0 spiro atoms. The molecule has 3 aromatic rings. The molecule has 1 aromatic heterocycles. The van der Waals surface area contributed by atoms with Crippen molar-refractivity contribution < 1.29 is 13.3 Å². The monoisotopic (exact) mass is 363 g/mol. The number of nitrogens with one attached hydrogen (secondary N) is 2. The largest absolute Gasteiger partial charge is 0.358 e. The second kappa shape index (κ2) is 5.05. The fraction of sp³-hybridized carbons (Fsp3) is 0.125. The summed E-state index contributed by atoms with van der Waals surface area (Å²) in [5.41, 5.74) is 5.39. The van der Waals surface area contributed by atoms with Gasteiger partial charge in [-0.05, 0) is 25.1 Å². The molecule has 124 valence electrons. The van der Waals surface area contributed by atoms with Crippen molar-refractivity contribution in [3.8, 4) is 0 Å². The van der Waals surface area contributed by atoms with Gasteiger partial charge < -0.3 is 4.98 Å². The number of halogens is 1. The summed E-state index contributed by atoms with van der Waals surface area (Å²) >= 11 is 5.98. The Morgan fingerprint density at radius 3 is 2.58 bits per heavy atom. The van der Waals surface area contributed by atoms with Crippen molar-refractivity contribution >= 4 is 32.5 Å². The Kier molecular flexibility index (Phi) is 3.28. The molecule has 1 saturated heterocycles. The number of fused-ring (bicyclic) bond motifs is 1. The molecule has 0 amide bonds. The first-order chi connectivity index (χ1) is 11.3. The minimum Gasteiger partial charge on any atom is -0.358 e. The van der Waals surface area contributed by atoms with Gasteiger partial charge in [0, 0.05) is 27.7 Å². The number of H-pyrrole nitrogens is 1. The summed E-state index contributed by atoms with van der Waals surface area (Å²) in [5, 5.41) is 6.32. The van der Waals surface area contributed by atoms with Crippen molar-refractivity contribution in [1.29, 1.82) is 0 Å². The Morgan fingerprint density at radius 2 is 1.92 bits per heavy atom. The average Bonchev–Trinajstić information content (AvgIpc) is 3.23. The normalized spacial score (nSPS) is 20.5. The van der Waals surface area contributed by atoms with Crippen molar-refractivity contribution in [3.05, 3.63) is 64.3 Å². The number of hydrogen-bond donors (Lipinski definition) is 3. The van der Waals surface area contributed by atoms with Crippen LogP contribution in [0.1, 0.15) is 16.8 Å². The molecular formula is C16H14ClN3O3S. The highest BCUT2D eigenvalue weighted by atomic mass is 35.5. The zero-order chi connectivity index (χ0) is 17.1. The lowest BCUT2D eigenvalue weighted by Gasteiger charge is -2.13. The van der Waals surface area contributed by atoms with Crippen LogP contribution in [0.4, 0.5) is 0 Å².